The van der Waals surface area contributed by atoms with Crippen molar-refractivity contribution in [3.05, 3.63) is 23.8 Å². The van der Waals surface area contributed by atoms with Crippen LogP contribution < -0.4 is 9.46 Å². The standard InChI is InChI=1S/C12H19NO4S/c1-9-4-5-11(17-3)12(8-9)18(15,16)13-7-6-10(2)14/h4-5,8,10,13-14H,6-7H2,1-3H3. The van der Waals surface area contributed by atoms with Crippen molar-refractivity contribution < 1.29 is 18.3 Å². The first-order valence-corrected chi connectivity index (χ1v) is 7.17. The van der Waals surface area contributed by atoms with E-state index < -0.39 is 16.1 Å². The summed E-state index contributed by atoms with van der Waals surface area (Å²) in [4.78, 5) is 0.121. The van der Waals surface area contributed by atoms with Gasteiger partial charge in [-0.05, 0) is 38.0 Å². The van der Waals surface area contributed by atoms with E-state index in [4.69, 9.17) is 9.84 Å². The number of benzene rings is 1. The molecule has 0 saturated carbocycles. The largest absolute Gasteiger partial charge is 0.495 e. The molecule has 102 valence electrons. The van der Waals surface area contributed by atoms with Gasteiger partial charge in [-0.2, -0.15) is 0 Å². The smallest absolute Gasteiger partial charge is 0.244 e. The Morgan fingerprint density at radius 3 is 2.67 bits per heavy atom. The monoisotopic (exact) mass is 273 g/mol. The van der Waals surface area contributed by atoms with E-state index in [0.717, 1.165) is 5.56 Å². The fourth-order valence-electron chi connectivity index (χ4n) is 1.47. The van der Waals surface area contributed by atoms with Crippen LogP contribution in [0.5, 0.6) is 5.75 Å². The number of sulfonamides is 1. The predicted octanol–water partition coefficient (Wildman–Crippen LogP) is 1.05. The summed E-state index contributed by atoms with van der Waals surface area (Å²) in [5.74, 6) is 0.310. The Balaban J connectivity index is 2.93. The van der Waals surface area contributed by atoms with Crippen LogP contribution in [0.4, 0.5) is 0 Å². The summed E-state index contributed by atoms with van der Waals surface area (Å²) in [5, 5.41) is 9.11. The lowest BCUT2D eigenvalue weighted by Crippen LogP contribution is -2.27. The summed E-state index contributed by atoms with van der Waals surface area (Å²) in [5.41, 5.74) is 0.840. The second-order valence-electron chi connectivity index (χ2n) is 4.19. The number of rotatable bonds is 6. The zero-order valence-electron chi connectivity index (χ0n) is 10.8. The highest BCUT2D eigenvalue weighted by molar-refractivity contribution is 7.89. The zero-order chi connectivity index (χ0) is 13.8. The third kappa shape index (κ3) is 3.97. The number of methoxy groups -OCH3 is 1. The van der Waals surface area contributed by atoms with Crippen molar-refractivity contribution >= 4 is 10.0 Å². The van der Waals surface area contributed by atoms with Crippen LogP contribution in [-0.2, 0) is 10.0 Å². The topological polar surface area (TPSA) is 75.6 Å². The molecule has 0 radical (unpaired) electrons. The van der Waals surface area contributed by atoms with E-state index in [9.17, 15) is 8.42 Å². The van der Waals surface area contributed by atoms with Crippen molar-refractivity contribution in [1.29, 1.82) is 0 Å². The third-order valence-electron chi connectivity index (χ3n) is 2.46. The second-order valence-corrected chi connectivity index (χ2v) is 5.93. The van der Waals surface area contributed by atoms with E-state index >= 15 is 0 Å². The Morgan fingerprint density at radius 2 is 2.11 bits per heavy atom. The summed E-state index contributed by atoms with van der Waals surface area (Å²) < 4.78 is 31.6. The molecule has 0 amide bonds. The SMILES string of the molecule is COc1ccc(C)cc1S(=O)(=O)NCCC(C)O. The first-order valence-electron chi connectivity index (χ1n) is 5.69. The van der Waals surface area contributed by atoms with Gasteiger partial charge in [0.1, 0.15) is 10.6 Å². The van der Waals surface area contributed by atoms with E-state index in [-0.39, 0.29) is 11.4 Å². The van der Waals surface area contributed by atoms with Crippen LogP contribution >= 0.6 is 0 Å². The van der Waals surface area contributed by atoms with Crippen LogP contribution in [-0.4, -0.2) is 33.3 Å². The Kier molecular flexibility index (Phi) is 5.13. The number of aryl methyl sites for hydroxylation is 1. The van der Waals surface area contributed by atoms with Gasteiger partial charge in [0.25, 0.3) is 0 Å². The number of ether oxygens (including phenoxy) is 1. The molecule has 0 aliphatic carbocycles. The molecule has 0 aliphatic rings. The summed E-state index contributed by atoms with van der Waals surface area (Å²) in [6, 6.07) is 4.97. The zero-order valence-corrected chi connectivity index (χ0v) is 11.6. The minimum absolute atomic E-state index is 0.121. The highest BCUT2D eigenvalue weighted by Gasteiger charge is 2.19. The van der Waals surface area contributed by atoms with Crippen LogP contribution in [0.25, 0.3) is 0 Å². The first kappa shape index (κ1) is 14.9. The Labute approximate surface area is 108 Å². The minimum Gasteiger partial charge on any atom is -0.495 e. The summed E-state index contributed by atoms with van der Waals surface area (Å²) in [6.45, 7) is 3.62. The molecule has 2 N–H and O–H groups in total. The van der Waals surface area contributed by atoms with Crippen LogP contribution in [0.1, 0.15) is 18.9 Å². The number of hydrogen-bond acceptors (Lipinski definition) is 4. The molecule has 1 aromatic carbocycles. The van der Waals surface area contributed by atoms with Crippen LogP contribution in [0, 0.1) is 6.92 Å². The van der Waals surface area contributed by atoms with Gasteiger partial charge in [0.2, 0.25) is 10.0 Å². The Morgan fingerprint density at radius 1 is 1.44 bits per heavy atom. The second kappa shape index (κ2) is 6.17. The van der Waals surface area contributed by atoms with Gasteiger partial charge < -0.3 is 9.84 Å². The van der Waals surface area contributed by atoms with Crippen molar-refractivity contribution in [1.82, 2.24) is 4.72 Å². The van der Waals surface area contributed by atoms with Gasteiger partial charge in [-0.1, -0.05) is 6.07 Å². The van der Waals surface area contributed by atoms with Crippen LogP contribution in [0.3, 0.4) is 0 Å². The maximum absolute atomic E-state index is 12.1. The summed E-state index contributed by atoms with van der Waals surface area (Å²) in [6.07, 6.45) is -0.167. The van der Waals surface area contributed by atoms with Crippen molar-refractivity contribution in [3.8, 4) is 5.75 Å². The molecule has 0 aromatic heterocycles. The van der Waals surface area contributed by atoms with Gasteiger partial charge in [-0.15, -0.1) is 0 Å². The van der Waals surface area contributed by atoms with Crippen molar-refractivity contribution in [2.24, 2.45) is 0 Å². The summed E-state index contributed by atoms with van der Waals surface area (Å²) in [7, 11) is -2.18. The van der Waals surface area contributed by atoms with Crippen molar-refractivity contribution in [3.63, 3.8) is 0 Å². The van der Waals surface area contributed by atoms with E-state index in [1.165, 1.54) is 7.11 Å². The predicted molar refractivity (Wildman–Crippen MR) is 69.2 cm³/mol. The maximum Gasteiger partial charge on any atom is 0.244 e. The van der Waals surface area contributed by atoms with E-state index in [1.807, 2.05) is 6.92 Å². The van der Waals surface area contributed by atoms with Gasteiger partial charge in [0, 0.05) is 6.54 Å². The molecule has 1 aromatic rings. The Hall–Kier alpha value is -1.11. The molecule has 5 nitrogen and oxygen atoms in total. The van der Waals surface area contributed by atoms with Crippen molar-refractivity contribution in [2.45, 2.75) is 31.3 Å². The molecule has 18 heavy (non-hydrogen) atoms. The highest BCUT2D eigenvalue weighted by Crippen LogP contribution is 2.24. The molecule has 0 spiro atoms. The van der Waals surface area contributed by atoms with E-state index in [2.05, 4.69) is 4.72 Å². The molecule has 6 heteroatoms. The van der Waals surface area contributed by atoms with Crippen molar-refractivity contribution in [2.75, 3.05) is 13.7 Å². The first-order chi connectivity index (χ1) is 8.36. The molecule has 0 bridgehead atoms. The van der Waals surface area contributed by atoms with E-state index in [0.29, 0.717) is 12.2 Å². The molecule has 1 rings (SSSR count). The third-order valence-corrected chi connectivity index (χ3v) is 3.95. The van der Waals surface area contributed by atoms with Gasteiger partial charge in [-0.3, -0.25) is 0 Å². The molecule has 1 unspecified atom stereocenters. The molecular formula is C12H19NO4S. The normalized spacial score (nSPS) is 13.3. The average molecular weight is 273 g/mol. The Bertz CT molecular complexity index is 497. The number of hydrogen-bond donors (Lipinski definition) is 2. The van der Waals surface area contributed by atoms with Gasteiger partial charge in [0.15, 0.2) is 0 Å². The lowest BCUT2D eigenvalue weighted by molar-refractivity contribution is 0.186. The average Bonchev–Trinajstić information content (AvgIpc) is 2.28. The fraction of sp³-hybridized carbons (Fsp3) is 0.500. The maximum atomic E-state index is 12.1. The fourth-order valence-corrected chi connectivity index (χ4v) is 2.77. The molecule has 0 saturated heterocycles. The van der Waals surface area contributed by atoms with Crippen LogP contribution in [0.15, 0.2) is 23.1 Å². The van der Waals surface area contributed by atoms with Gasteiger partial charge in [0.05, 0.1) is 13.2 Å². The molecule has 0 aliphatic heterocycles. The lowest BCUT2D eigenvalue weighted by atomic mass is 10.2. The minimum atomic E-state index is -3.61. The van der Waals surface area contributed by atoms with Gasteiger partial charge in [-0.25, -0.2) is 13.1 Å². The number of aliphatic hydroxyl groups is 1. The van der Waals surface area contributed by atoms with E-state index in [1.54, 1.807) is 25.1 Å². The van der Waals surface area contributed by atoms with Crippen LogP contribution in [0.2, 0.25) is 0 Å². The molecule has 0 fully saturated rings. The molecule has 0 heterocycles. The molecule has 1 atom stereocenters. The lowest BCUT2D eigenvalue weighted by Gasteiger charge is -2.12. The number of aliphatic hydroxyl groups excluding tert-OH is 1. The summed E-state index contributed by atoms with van der Waals surface area (Å²) >= 11 is 0. The highest BCUT2D eigenvalue weighted by atomic mass is 32.2. The quantitative estimate of drug-likeness (QED) is 0.812. The number of nitrogens with one attached hydrogen (secondary N) is 1. The molecular weight excluding hydrogens is 254 g/mol. The van der Waals surface area contributed by atoms with Gasteiger partial charge >= 0.3 is 0 Å².